The third kappa shape index (κ3) is 4.06. The van der Waals surface area contributed by atoms with E-state index in [4.69, 9.17) is 25.4 Å². The summed E-state index contributed by atoms with van der Waals surface area (Å²) >= 11 is 9.75. The van der Waals surface area contributed by atoms with E-state index in [1.54, 1.807) is 24.3 Å². The third-order valence-electron chi connectivity index (χ3n) is 5.84. The van der Waals surface area contributed by atoms with Crippen molar-refractivity contribution < 1.29 is 8.83 Å². The van der Waals surface area contributed by atoms with Gasteiger partial charge < -0.3 is 8.83 Å². The number of hydrogen-bond donors (Lipinski definition) is 0. The Kier molecular flexibility index (Phi) is 5.59. The normalized spacial score (nSPS) is 11.8. The fraction of sp³-hybridized carbons (Fsp3) is 0.0357. The lowest BCUT2D eigenvalue weighted by atomic mass is 10.1. The number of benzene rings is 3. The van der Waals surface area contributed by atoms with Crippen molar-refractivity contribution in [1.29, 1.82) is 0 Å². The standard InChI is InChI=1S/C28H17BrClN3O3/c1-16-6-7-17(13-22(16)30)24-11-9-20(35-24)15-31-33-27(32-23-5-3-2-4-21(23)28(33)34)26-14-18-12-19(29)8-10-25(18)36-26/h2-15H,1H3. The van der Waals surface area contributed by atoms with Gasteiger partial charge in [-0.15, -0.1) is 0 Å². The van der Waals surface area contributed by atoms with Crippen molar-refractivity contribution in [2.75, 3.05) is 0 Å². The molecule has 176 valence electrons. The van der Waals surface area contributed by atoms with Gasteiger partial charge in [-0.25, -0.2) is 4.98 Å². The number of aromatic nitrogens is 2. The Bertz CT molecular complexity index is 1870. The highest BCUT2D eigenvalue weighted by molar-refractivity contribution is 9.10. The van der Waals surface area contributed by atoms with E-state index >= 15 is 0 Å². The second-order valence-electron chi connectivity index (χ2n) is 8.27. The number of furan rings is 2. The zero-order chi connectivity index (χ0) is 24.8. The predicted octanol–water partition coefficient (Wildman–Crippen LogP) is 7.68. The Balaban J connectivity index is 1.46. The Labute approximate surface area is 218 Å². The SMILES string of the molecule is Cc1ccc(-c2ccc(C=Nn3c(-c4cc5cc(Br)ccc5o4)nc4ccccc4c3=O)o2)cc1Cl. The van der Waals surface area contributed by atoms with Gasteiger partial charge in [-0.1, -0.05) is 51.8 Å². The van der Waals surface area contributed by atoms with Crippen LogP contribution in [0, 0.1) is 6.92 Å². The van der Waals surface area contributed by atoms with Crippen LogP contribution in [0.3, 0.4) is 0 Å². The topological polar surface area (TPSA) is 73.5 Å². The Morgan fingerprint density at radius 2 is 1.83 bits per heavy atom. The highest BCUT2D eigenvalue weighted by Crippen LogP contribution is 2.30. The molecule has 3 heterocycles. The molecular formula is C28H17BrClN3O3. The number of rotatable bonds is 4. The molecule has 3 aromatic carbocycles. The van der Waals surface area contributed by atoms with Crippen molar-refractivity contribution in [1.82, 2.24) is 9.66 Å². The van der Waals surface area contributed by atoms with Crippen molar-refractivity contribution in [3.63, 3.8) is 0 Å². The van der Waals surface area contributed by atoms with Gasteiger partial charge in [-0.3, -0.25) is 4.79 Å². The molecule has 0 aliphatic heterocycles. The summed E-state index contributed by atoms with van der Waals surface area (Å²) in [5.74, 6) is 1.84. The van der Waals surface area contributed by atoms with Crippen molar-refractivity contribution in [3.05, 3.63) is 110 Å². The lowest BCUT2D eigenvalue weighted by molar-refractivity contribution is 0.573. The highest BCUT2D eigenvalue weighted by Gasteiger charge is 2.17. The molecule has 0 atom stereocenters. The van der Waals surface area contributed by atoms with Crippen molar-refractivity contribution in [2.45, 2.75) is 6.92 Å². The molecule has 0 bridgehead atoms. The maximum Gasteiger partial charge on any atom is 0.282 e. The molecule has 8 heteroatoms. The van der Waals surface area contributed by atoms with Crippen molar-refractivity contribution in [2.24, 2.45) is 5.10 Å². The Hall–Kier alpha value is -3.94. The number of para-hydroxylation sites is 1. The van der Waals surface area contributed by atoms with Crippen LogP contribution in [0.25, 0.3) is 44.8 Å². The molecule has 6 aromatic rings. The molecule has 6 rings (SSSR count). The molecule has 0 spiro atoms. The van der Waals surface area contributed by atoms with Crippen molar-refractivity contribution in [3.8, 4) is 22.9 Å². The van der Waals surface area contributed by atoms with Gasteiger partial charge in [0.1, 0.15) is 17.1 Å². The van der Waals surface area contributed by atoms with Gasteiger partial charge in [0.25, 0.3) is 5.56 Å². The molecule has 6 nitrogen and oxygen atoms in total. The fourth-order valence-electron chi connectivity index (χ4n) is 3.95. The third-order valence-corrected chi connectivity index (χ3v) is 6.74. The summed E-state index contributed by atoms with van der Waals surface area (Å²) in [6.45, 7) is 1.94. The molecule has 0 saturated carbocycles. The molecule has 0 aliphatic rings. The number of hydrogen-bond acceptors (Lipinski definition) is 5. The molecule has 0 amide bonds. The van der Waals surface area contributed by atoms with E-state index in [9.17, 15) is 4.79 Å². The average Bonchev–Trinajstić information content (AvgIpc) is 3.52. The second kappa shape index (κ2) is 8.93. The van der Waals surface area contributed by atoms with Crippen LogP contribution >= 0.6 is 27.5 Å². The van der Waals surface area contributed by atoms with Crippen LogP contribution in [-0.2, 0) is 0 Å². The smallest absolute Gasteiger partial charge is 0.282 e. The molecule has 0 saturated heterocycles. The number of aryl methyl sites for hydroxylation is 1. The quantitative estimate of drug-likeness (QED) is 0.208. The van der Waals surface area contributed by atoms with Crippen LogP contribution in [0.5, 0.6) is 0 Å². The van der Waals surface area contributed by atoms with Gasteiger partial charge in [-0.05, 0) is 67.1 Å². The largest absolute Gasteiger partial charge is 0.455 e. The van der Waals surface area contributed by atoms with Gasteiger partial charge in [0.05, 0.1) is 17.1 Å². The minimum Gasteiger partial charge on any atom is -0.455 e. The molecule has 0 N–H and O–H groups in total. The highest BCUT2D eigenvalue weighted by atomic mass is 79.9. The van der Waals surface area contributed by atoms with E-state index in [1.165, 1.54) is 10.9 Å². The minimum atomic E-state index is -0.314. The fourth-order valence-corrected chi connectivity index (χ4v) is 4.51. The lowest BCUT2D eigenvalue weighted by Gasteiger charge is -2.06. The molecular weight excluding hydrogens is 542 g/mol. The maximum atomic E-state index is 13.4. The zero-order valence-corrected chi connectivity index (χ0v) is 21.2. The summed E-state index contributed by atoms with van der Waals surface area (Å²) in [5, 5.41) is 6.45. The van der Waals surface area contributed by atoms with E-state index in [1.807, 2.05) is 61.5 Å². The first-order valence-corrected chi connectivity index (χ1v) is 12.3. The van der Waals surface area contributed by atoms with E-state index in [-0.39, 0.29) is 5.56 Å². The monoisotopic (exact) mass is 557 g/mol. The van der Waals surface area contributed by atoms with E-state index in [2.05, 4.69) is 21.0 Å². The molecule has 0 fully saturated rings. The van der Waals surface area contributed by atoms with Gasteiger partial charge in [0.2, 0.25) is 5.82 Å². The van der Waals surface area contributed by atoms with Gasteiger partial charge in [0, 0.05) is 20.4 Å². The number of nitrogens with zero attached hydrogens (tertiary/aromatic N) is 3. The first-order valence-electron chi connectivity index (χ1n) is 11.1. The molecule has 36 heavy (non-hydrogen) atoms. The second-order valence-corrected chi connectivity index (χ2v) is 9.60. The van der Waals surface area contributed by atoms with Crippen LogP contribution in [0.2, 0.25) is 5.02 Å². The van der Waals surface area contributed by atoms with Crippen LogP contribution in [0.1, 0.15) is 11.3 Å². The average molecular weight is 559 g/mol. The minimum absolute atomic E-state index is 0.291. The van der Waals surface area contributed by atoms with Crippen LogP contribution in [0.4, 0.5) is 0 Å². The zero-order valence-electron chi connectivity index (χ0n) is 18.9. The molecule has 0 unspecified atom stereocenters. The molecule has 0 aliphatic carbocycles. The van der Waals surface area contributed by atoms with Gasteiger partial charge in [0.15, 0.2) is 5.76 Å². The van der Waals surface area contributed by atoms with E-state index in [0.29, 0.717) is 44.6 Å². The van der Waals surface area contributed by atoms with Gasteiger partial charge in [-0.2, -0.15) is 9.78 Å². The number of halogens is 2. The van der Waals surface area contributed by atoms with Crippen LogP contribution < -0.4 is 5.56 Å². The van der Waals surface area contributed by atoms with Gasteiger partial charge >= 0.3 is 0 Å². The first-order chi connectivity index (χ1) is 17.5. The van der Waals surface area contributed by atoms with E-state index in [0.717, 1.165) is 21.0 Å². The van der Waals surface area contributed by atoms with E-state index < -0.39 is 0 Å². The predicted molar refractivity (Wildman–Crippen MR) is 146 cm³/mol. The summed E-state index contributed by atoms with van der Waals surface area (Å²) in [4.78, 5) is 18.1. The van der Waals surface area contributed by atoms with Crippen LogP contribution in [0.15, 0.2) is 102 Å². The Morgan fingerprint density at radius 1 is 0.972 bits per heavy atom. The summed E-state index contributed by atoms with van der Waals surface area (Å²) in [7, 11) is 0. The van der Waals surface area contributed by atoms with Crippen molar-refractivity contribution >= 4 is 55.6 Å². The summed E-state index contributed by atoms with van der Waals surface area (Å²) < 4.78 is 14.1. The van der Waals surface area contributed by atoms with Crippen LogP contribution in [-0.4, -0.2) is 15.9 Å². The Morgan fingerprint density at radius 3 is 2.69 bits per heavy atom. The maximum absolute atomic E-state index is 13.4. The summed E-state index contributed by atoms with van der Waals surface area (Å²) in [5.41, 5.74) is 2.76. The summed E-state index contributed by atoms with van der Waals surface area (Å²) in [6, 6.07) is 24.0. The molecule has 0 radical (unpaired) electrons. The summed E-state index contributed by atoms with van der Waals surface area (Å²) in [6.07, 6.45) is 1.49. The lowest BCUT2D eigenvalue weighted by Crippen LogP contribution is -2.20. The number of fused-ring (bicyclic) bond motifs is 2. The molecule has 3 aromatic heterocycles. The first kappa shape index (κ1) is 22.5.